The summed E-state index contributed by atoms with van der Waals surface area (Å²) in [6, 6.07) is 3.97. The van der Waals surface area contributed by atoms with Crippen molar-refractivity contribution in [3.8, 4) is 0 Å². The van der Waals surface area contributed by atoms with Gasteiger partial charge >= 0.3 is 0 Å². The molecule has 1 rings (SSSR count). The van der Waals surface area contributed by atoms with Gasteiger partial charge in [-0.3, -0.25) is 4.79 Å². The third kappa shape index (κ3) is 6.01. The number of carbonyl (C=O) groups excluding carboxylic acids is 1. The zero-order valence-electron chi connectivity index (χ0n) is 12.0. The molecule has 1 aromatic rings. The Hall–Kier alpha value is -0.940. The van der Waals surface area contributed by atoms with Gasteiger partial charge in [-0.25, -0.2) is 4.39 Å². The van der Waals surface area contributed by atoms with Crippen LogP contribution in [0.2, 0.25) is 0 Å². The highest BCUT2D eigenvalue weighted by molar-refractivity contribution is 9.10. The topological polar surface area (TPSA) is 49.3 Å². The highest BCUT2D eigenvalue weighted by atomic mass is 79.9. The van der Waals surface area contributed by atoms with Crippen molar-refractivity contribution in [2.24, 2.45) is 5.41 Å². The van der Waals surface area contributed by atoms with Gasteiger partial charge in [0.05, 0.1) is 19.1 Å². The molecule has 5 heteroatoms. The van der Waals surface area contributed by atoms with Gasteiger partial charge in [-0.05, 0) is 35.6 Å². The summed E-state index contributed by atoms with van der Waals surface area (Å²) in [7, 11) is 0. The van der Waals surface area contributed by atoms with Gasteiger partial charge in [0.1, 0.15) is 5.82 Å². The first-order valence-electron chi connectivity index (χ1n) is 6.55. The van der Waals surface area contributed by atoms with Gasteiger partial charge in [0.15, 0.2) is 0 Å². The molecule has 0 saturated heterocycles. The van der Waals surface area contributed by atoms with Crippen molar-refractivity contribution in [3.05, 3.63) is 34.1 Å². The molecule has 112 valence electrons. The molecule has 0 radical (unpaired) electrons. The number of rotatable bonds is 5. The van der Waals surface area contributed by atoms with Crippen LogP contribution in [0.25, 0.3) is 0 Å². The van der Waals surface area contributed by atoms with Crippen molar-refractivity contribution >= 4 is 21.8 Å². The van der Waals surface area contributed by atoms with E-state index in [4.69, 9.17) is 0 Å². The maximum atomic E-state index is 13.2. The molecule has 0 spiro atoms. The van der Waals surface area contributed by atoms with E-state index in [1.165, 1.54) is 12.1 Å². The lowest BCUT2D eigenvalue weighted by atomic mass is 9.88. The first-order chi connectivity index (χ1) is 9.21. The first-order valence-corrected chi connectivity index (χ1v) is 7.35. The number of benzene rings is 1. The molecule has 1 unspecified atom stereocenters. The Bertz CT molecular complexity index is 471. The second-order valence-electron chi connectivity index (χ2n) is 6.12. The Balaban J connectivity index is 2.64. The fraction of sp³-hybridized carbons (Fsp3) is 0.533. The fourth-order valence-electron chi connectivity index (χ4n) is 2.03. The molecular formula is C15H21BrFNO2. The van der Waals surface area contributed by atoms with Gasteiger partial charge in [-0.2, -0.15) is 0 Å². The summed E-state index contributed by atoms with van der Waals surface area (Å²) in [4.78, 5) is 12.0. The third-order valence-corrected chi connectivity index (χ3v) is 3.58. The molecule has 0 aliphatic rings. The quantitative estimate of drug-likeness (QED) is 0.861. The molecule has 0 heterocycles. The van der Waals surface area contributed by atoms with Gasteiger partial charge in [0.25, 0.3) is 0 Å². The van der Waals surface area contributed by atoms with Crippen molar-refractivity contribution in [3.63, 3.8) is 0 Å². The van der Waals surface area contributed by atoms with E-state index >= 15 is 0 Å². The van der Waals surface area contributed by atoms with Crippen LogP contribution in [0.5, 0.6) is 0 Å². The standard InChI is InChI=1S/C15H21BrFNO2/c1-15(2,3)8-12(9-19)18-14(20)7-10-6-11(17)4-5-13(10)16/h4-6,12,19H,7-9H2,1-3H3,(H,18,20). The highest BCUT2D eigenvalue weighted by Gasteiger charge is 2.20. The molecule has 20 heavy (non-hydrogen) atoms. The van der Waals surface area contributed by atoms with Gasteiger partial charge < -0.3 is 10.4 Å². The summed E-state index contributed by atoms with van der Waals surface area (Å²) in [5.74, 6) is -0.594. The lowest BCUT2D eigenvalue weighted by molar-refractivity contribution is -0.121. The Morgan fingerprint density at radius 2 is 2.10 bits per heavy atom. The molecule has 0 aliphatic heterocycles. The number of hydrogen-bond donors (Lipinski definition) is 2. The Morgan fingerprint density at radius 1 is 1.45 bits per heavy atom. The third-order valence-electron chi connectivity index (χ3n) is 2.80. The second kappa shape index (κ2) is 7.18. The van der Waals surface area contributed by atoms with E-state index in [9.17, 15) is 14.3 Å². The smallest absolute Gasteiger partial charge is 0.224 e. The zero-order valence-corrected chi connectivity index (χ0v) is 13.6. The predicted octanol–water partition coefficient (Wildman–Crippen LogP) is 3.04. The average Bonchev–Trinajstić information content (AvgIpc) is 2.31. The minimum atomic E-state index is -0.371. The van der Waals surface area contributed by atoms with E-state index < -0.39 is 0 Å². The normalized spacial score (nSPS) is 13.1. The fourth-order valence-corrected chi connectivity index (χ4v) is 2.42. The van der Waals surface area contributed by atoms with Crippen LogP contribution in [0.15, 0.2) is 22.7 Å². The minimum absolute atomic E-state index is 0.0140. The molecule has 1 atom stereocenters. The van der Waals surface area contributed by atoms with Crippen LogP contribution in [0.1, 0.15) is 32.8 Å². The van der Waals surface area contributed by atoms with Crippen LogP contribution >= 0.6 is 15.9 Å². The molecule has 1 aromatic carbocycles. The first kappa shape index (κ1) is 17.1. The van der Waals surface area contributed by atoms with Crippen LogP contribution in [0, 0.1) is 11.2 Å². The lowest BCUT2D eigenvalue weighted by Crippen LogP contribution is -2.40. The lowest BCUT2D eigenvalue weighted by Gasteiger charge is -2.25. The number of aliphatic hydroxyl groups is 1. The van der Waals surface area contributed by atoms with E-state index in [-0.39, 0.29) is 36.2 Å². The summed E-state index contributed by atoms with van der Waals surface area (Å²) < 4.78 is 13.9. The van der Waals surface area contributed by atoms with E-state index in [0.29, 0.717) is 16.5 Å². The molecule has 0 saturated carbocycles. The number of amides is 1. The van der Waals surface area contributed by atoms with Crippen LogP contribution in [-0.4, -0.2) is 23.7 Å². The van der Waals surface area contributed by atoms with Crippen LogP contribution < -0.4 is 5.32 Å². The average molecular weight is 346 g/mol. The maximum absolute atomic E-state index is 13.2. The molecule has 0 aromatic heterocycles. The van der Waals surface area contributed by atoms with E-state index in [1.807, 2.05) is 20.8 Å². The van der Waals surface area contributed by atoms with Gasteiger partial charge in [-0.1, -0.05) is 36.7 Å². The summed E-state index contributed by atoms with van der Waals surface area (Å²) in [5, 5.41) is 12.1. The minimum Gasteiger partial charge on any atom is -0.394 e. The monoisotopic (exact) mass is 345 g/mol. The van der Waals surface area contributed by atoms with E-state index in [0.717, 1.165) is 0 Å². The molecule has 0 bridgehead atoms. The Labute approximate surface area is 127 Å². The number of hydrogen-bond acceptors (Lipinski definition) is 2. The van der Waals surface area contributed by atoms with Gasteiger partial charge in [-0.15, -0.1) is 0 Å². The van der Waals surface area contributed by atoms with Crippen molar-refractivity contribution < 1.29 is 14.3 Å². The Kier molecular flexibility index (Phi) is 6.14. The summed E-state index contributed by atoms with van der Waals surface area (Å²) in [6.45, 7) is 6.04. The van der Waals surface area contributed by atoms with E-state index in [2.05, 4.69) is 21.2 Å². The Morgan fingerprint density at radius 3 is 2.65 bits per heavy atom. The van der Waals surface area contributed by atoms with Crippen molar-refractivity contribution in [2.75, 3.05) is 6.61 Å². The summed E-state index contributed by atoms with van der Waals surface area (Å²) in [6.07, 6.45) is 0.762. The summed E-state index contributed by atoms with van der Waals surface area (Å²) in [5.41, 5.74) is 0.607. The number of halogens is 2. The maximum Gasteiger partial charge on any atom is 0.224 e. The SMILES string of the molecule is CC(C)(C)CC(CO)NC(=O)Cc1cc(F)ccc1Br. The van der Waals surface area contributed by atoms with E-state index in [1.54, 1.807) is 6.07 Å². The van der Waals surface area contributed by atoms with Crippen LogP contribution in [0.3, 0.4) is 0 Å². The number of nitrogens with one attached hydrogen (secondary N) is 1. The van der Waals surface area contributed by atoms with Gasteiger partial charge in [0, 0.05) is 4.47 Å². The van der Waals surface area contributed by atoms with Gasteiger partial charge in [0.2, 0.25) is 5.91 Å². The molecule has 2 N–H and O–H groups in total. The van der Waals surface area contributed by atoms with Crippen LogP contribution in [0.4, 0.5) is 4.39 Å². The van der Waals surface area contributed by atoms with Crippen molar-refractivity contribution in [2.45, 2.75) is 39.7 Å². The number of aliphatic hydroxyl groups excluding tert-OH is 1. The van der Waals surface area contributed by atoms with Crippen molar-refractivity contribution in [1.82, 2.24) is 5.32 Å². The molecule has 1 amide bonds. The molecule has 3 nitrogen and oxygen atoms in total. The van der Waals surface area contributed by atoms with Crippen LogP contribution in [-0.2, 0) is 11.2 Å². The molecule has 0 aliphatic carbocycles. The summed E-state index contributed by atoms with van der Waals surface area (Å²) >= 11 is 3.30. The number of carbonyl (C=O) groups is 1. The second-order valence-corrected chi connectivity index (χ2v) is 6.98. The highest BCUT2D eigenvalue weighted by Crippen LogP contribution is 2.21. The zero-order chi connectivity index (χ0) is 15.3. The predicted molar refractivity (Wildman–Crippen MR) is 80.9 cm³/mol. The molecular weight excluding hydrogens is 325 g/mol. The largest absolute Gasteiger partial charge is 0.394 e. The van der Waals surface area contributed by atoms with Crippen molar-refractivity contribution in [1.29, 1.82) is 0 Å². The molecule has 0 fully saturated rings.